The SMILES string of the molecule is Cc1cc(Cl)cc(C(=O)NC(C)c2cccc(F)c2)c1CC(=O)c1cc(Cn2nnc(C(F)(F)F)n2)nn1-c1ncccc1Cl. The average Bonchev–Trinajstić information content (AvgIpc) is 3.62. The van der Waals surface area contributed by atoms with Gasteiger partial charge in [0.2, 0.25) is 0 Å². The van der Waals surface area contributed by atoms with Crippen LogP contribution in [0.1, 0.15) is 62.0 Å². The molecule has 0 bridgehead atoms. The van der Waals surface area contributed by atoms with Gasteiger partial charge >= 0.3 is 6.18 Å². The number of aryl methyl sites for hydroxylation is 1. The molecule has 1 amide bonds. The zero-order valence-corrected chi connectivity index (χ0v) is 25.0. The summed E-state index contributed by atoms with van der Waals surface area (Å²) in [6, 6.07) is 12.7. The van der Waals surface area contributed by atoms with Crippen LogP contribution in [-0.2, 0) is 19.1 Å². The molecule has 0 spiro atoms. The van der Waals surface area contributed by atoms with Crippen molar-refractivity contribution >= 4 is 34.9 Å². The third-order valence-electron chi connectivity index (χ3n) is 6.71. The van der Waals surface area contributed by atoms with E-state index in [0.29, 0.717) is 21.5 Å². The fourth-order valence-electron chi connectivity index (χ4n) is 4.56. The molecule has 0 saturated carbocycles. The van der Waals surface area contributed by atoms with E-state index in [-0.39, 0.29) is 45.8 Å². The summed E-state index contributed by atoms with van der Waals surface area (Å²) in [5.74, 6) is -2.86. The number of carbonyl (C=O) groups excluding carboxylic acids is 2. The number of nitrogens with zero attached hydrogens (tertiary/aromatic N) is 7. The van der Waals surface area contributed by atoms with Crippen molar-refractivity contribution in [3.05, 3.63) is 116 Å². The summed E-state index contributed by atoms with van der Waals surface area (Å²) in [4.78, 5) is 32.2. The molecule has 5 rings (SSSR count). The van der Waals surface area contributed by atoms with Gasteiger partial charge < -0.3 is 5.32 Å². The lowest BCUT2D eigenvalue weighted by Gasteiger charge is -2.18. The maximum absolute atomic E-state index is 13.9. The Labute approximate surface area is 263 Å². The number of tetrazole rings is 1. The van der Waals surface area contributed by atoms with Gasteiger partial charge in [-0.3, -0.25) is 9.59 Å². The minimum atomic E-state index is -4.80. The van der Waals surface area contributed by atoms with Crippen LogP contribution in [0.25, 0.3) is 5.82 Å². The zero-order chi connectivity index (χ0) is 32.5. The predicted molar refractivity (Wildman–Crippen MR) is 155 cm³/mol. The maximum atomic E-state index is 13.9. The van der Waals surface area contributed by atoms with Gasteiger partial charge in [-0.25, -0.2) is 14.1 Å². The number of halogens is 6. The molecule has 0 aliphatic rings. The van der Waals surface area contributed by atoms with E-state index in [1.54, 1.807) is 32.0 Å². The molecule has 2 aromatic carbocycles. The fourth-order valence-corrected chi connectivity index (χ4v) is 5.04. The number of pyridine rings is 1. The van der Waals surface area contributed by atoms with Crippen LogP contribution in [0, 0.1) is 12.7 Å². The van der Waals surface area contributed by atoms with E-state index >= 15 is 0 Å². The van der Waals surface area contributed by atoms with Crippen molar-refractivity contribution in [2.45, 2.75) is 39.0 Å². The summed E-state index contributed by atoms with van der Waals surface area (Å²) in [5, 5.41) is 17.4. The van der Waals surface area contributed by atoms with Crippen LogP contribution in [0.5, 0.6) is 0 Å². The molecule has 45 heavy (non-hydrogen) atoms. The smallest absolute Gasteiger partial charge is 0.346 e. The first-order valence-corrected chi connectivity index (χ1v) is 14.0. The third-order valence-corrected chi connectivity index (χ3v) is 7.22. The molecule has 3 heterocycles. The average molecular weight is 661 g/mol. The summed E-state index contributed by atoms with van der Waals surface area (Å²) in [6.07, 6.45) is -3.66. The monoisotopic (exact) mass is 660 g/mol. The Morgan fingerprint density at radius 2 is 1.82 bits per heavy atom. The van der Waals surface area contributed by atoms with Gasteiger partial charge in [-0.1, -0.05) is 35.3 Å². The molecule has 1 N–H and O–H groups in total. The topological polar surface area (TPSA) is 120 Å². The highest BCUT2D eigenvalue weighted by molar-refractivity contribution is 6.32. The number of rotatable bonds is 9. The molecule has 0 radical (unpaired) electrons. The number of hydrogen-bond donors (Lipinski definition) is 1. The van der Waals surface area contributed by atoms with E-state index in [1.165, 1.54) is 47.3 Å². The number of carbonyl (C=O) groups is 2. The van der Waals surface area contributed by atoms with E-state index in [0.717, 1.165) is 0 Å². The Hall–Kier alpha value is -4.69. The Bertz CT molecular complexity index is 1910. The lowest BCUT2D eigenvalue weighted by Crippen LogP contribution is -2.28. The van der Waals surface area contributed by atoms with E-state index in [1.807, 2.05) is 0 Å². The lowest BCUT2D eigenvalue weighted by atomic mass is 9.95. The van der Waals surface area contributed by atoms with Gasteiger partial charge in [0.15, 0.2) is 11.6 Å². The minimum Gasteiger partial charge on any atom is -0.346 e. The predicted octanol–water partition coefficient (Wildman–Crippen LogP) is 5.99. The number of alkyl halides is 3. The number of Topliss-reactive ketones (excluding diaryl/α,β-unsaturated/α-hetero) is 1. The zero-order valence-electron chi connectivity index (χ0n) is 23.5. The lowest BCUT2D eigenvalue weighted by molar-refractivity contribution is -0.145. The molecular weight excluding hydrogens is 639 g/mol. The van der Waals surface area contributed by atoms with Crippen molar-refractivity contribution in [1.82, 2.24) is 40.3 Å². The molecule has 10 nitrogen and oxygen atoms in total. The van der Waals surface area contributed by atoms with E-state index < -0.39 is 35.6 Å². The van der Waals surface area contributed by atoms with Crippen LogP contribution in [0.2, 0.25) is 10.0 Å². The molecule has 3 aromatic heterocycles. The second-order valence-corrected chi connectivity index (χ2v) is 10.8. The van der Waals surface area contributed by atoms with Gasteiger partial charge in [-0.15, -0.1) is 10.2 Å². The molecule has 0 saturated heterocycles. The number of hydrogen-bond acceptors (Lipinski definition) is 7. The highest BCUT2D eigenvalue weighted by Gasteiger charge is 2.37. The summed E-state index contributed by atoms with van der Waals surface area (Å²) >= 11 is 12.6. The van der Waals surface area contributed by atoms with Crippen molar-refractivity contribution in [1.29, 1.82) is 0 Å². The first kappa shape index (κ1) is 31.7. The molecule has 16 heteroatoms. The van der Waals surface area contributed by atoms with Crippen LogP contribution in [-0.4, -0.2) is 46.7 Å². The van der Waals surface area contributed by atoms with Gasteiger partial charge in [0.1, 0.15) is 18.1 Å². The first-order chi connectivity index (χ1) is 21.3. The van der Waals surface area contributed by atoms with Gasteiger partial charge in [0, 0.05) is 23.2 Å². The van der Waals surface area contributed by atoms with Crippen LogP contribution >= 0.6 is 23.2 Å². The Kier molecular flexibility index (Phi) is 8.98. The number of benzene rings is 2. The Morgan fingerprint density at radius 3 is 2.51 bits per heavy atom. The van der Waals surface area contributed by atoms with E-state index in [2.05, 4.69) is 30.8 Å². The van der Waals surface area contributed by atoms with Crippen LogP contribution < -0.4 is 5.32 Å². The van der Waals surface area contributed by atoms with Crippen molar-refractivity contribution < 1.29 is 27.2 Å². The quantitative estimate of drug-likeness (QED) is 0.152. The summed E-state index contributed by atoms with van der Waals surface area (Å²) in [6.45, 7) is 3.02. The molecule has 0 aliphatic carbocycles. The van der Waals surface area contributed by atoms with Crippen molar-refractivity contribution in [2.24, 2.45) is 0 Å². The van der Waals surface area contributed by atoms with E-state index in [4.69, 9.17) is 23.2 Å². The van der Waals surface area contributed by atoms with E-state index in [9.17, 15) is 27.2 Å². The van der Waals surface area contributed by atoms with Crippen molar-refractivity contribution in [3.63, 3.8) is 0 Å². The molecule has 0 fully saturated rings. The van der Waals surface area contributed by atoms with Gasteiger partial charge in [-0.2, -0.15) is 23.1 Å². The summed E-state index contributed by atoms with van der Waals surface area (Å²) < 4.78 is 53.9. The van der Waals surface area contributed by atoms with Crippen LogP contribution in [0.15, 0.2) is 60.8 Å². The van der Waals surface area contributed by atoms with Gasteiger partial charge in [0.25, 0.3) is 11.7 Å². The van der Waals surface area contributed by atoms with Gasteiger partial charge in [-0.05, 0) is 78.2 Å². The van der Waals surface area contributed by atoms with Gasteiger partial charge in [0.05, 0.1) is 16.8 Å². The Balaban J connectivity index is 1.48. The second-order valence-electron chi connectivity index (χ2n) is 9.98. The van der Waals surface area contributed by atoms with Crippen LogP contribution in [0.3, 0.4) is 0 Å². The fraction of sp³-hybridized carbons (Fsp3) is 0.207. The molecular formula is C29H22Cl2F4N8O2. The summed E-state index contributed by atoms with van der Waals surface area (Å²) in [5.41, 5.74) is 1.67. The highest BCUT2D eigenvalue weighted by Crippen LogP contribution is 2.27. The Morgan fingerprint density at radius 1 is 1.04 bits per heavy atom. The molecule has 0 aliphatic heterocycles. The second kappa shape index (κ2) is 12.7. The first-order valence-electron chi connectivity index (χ1n) is 13.2. The minimum absolute atomic E-state index is 0.0180. The van der Waals surface area contributed by atoms with Crippen molar-refractivity contribution in [2.75, 3.05) is 0 Å². The standard InChI is InChI=1S/C29H22Cl2F4N8O2/c1-15-9-18(30)11-22(27(45)37-16(2)17-5-3-6-19(32)10-17)21(15)13-25(44)24-12-20(14-42-40-28(38-41-42)29(33,34)35)39-43(24)26-23(31)7-4-8-36-26/h3-12,16H,13-14H2,1-2H3,(H,37,45). The number of aromatic nitrogens is 7. The molecule has 1 unspecified atom stereocenters. The third kappa shape index (κ3) is 7.18. The molecule has 5 aromatic rings. The van der Waals surface area contributed by atoms with Crippen LogP contribution in [0.4, 0.5) is 17.6 Å². The maximum Gasteiger partial charge on any atom is 0.455 e. The van der Waals surface area contributed by atoms with Crippen molar-refractivity contribution in [3.8, 4) is 5.82 Å². The summed E-state index contributed by atoms with van der Waals surface area (Å²) in [7, 11) is 0. The highest BCUT2D eigenvalue weighted by atomic mass is 35.5. The number of amides is 1. The number of nitrogens with one attached hydrogen (secondary N) is 1. The number of ketones is 1. The molecule has 1 atom stereocenters. The normalized spacial score (nSPS) is 12.3. The largest absolute Gasteiger partial charge is 0.455 e. The molecule has 232 valence electrons.